The second-order valence-corrected chi connectivity index (χ2v) is 40.0. The highest BCUT2D eigenvalue weighted by atomic mass is 33.1. The molecule has 0 radical (unpaired) electrons. The number of likely N-dealkylation sites (N-methyl/N-ethyl adjacent to an activating group) is 1. The number of benzene rings is 2. The largest absolute Gasteiger partial charge is 0.490 e. The van der Waals surface area contributed by atoms with Crippen LogP contribution >= 0.6 is 66.6 Å². The molecule has 0 spiro atoms. The zero-order valence-electron chi connectivity index (χ0n) is 62.6. The monoisotopic (exact) mass is 1740 g/mol. The number of hydrogen-bond donors (Lipinski definition) is 11. The van der Waals surface area contributed by atoms with Gasteiger partial charge < -0.3 is 78.6 Å². The second kappa shape index (κ2) is 40.5. The highest BCUT2D eigenvalue weighted by molar-refractivity contribution is 8.77. The minimum atomic E-state index is -5.77. The predicted octanol–water partition coefficient (Wildman–Crippen LogP) is 9.10. The van der Waals surface area contributed by atoms with E-state index in [1.165, 1.54) is 62.8 Å². The van der Waals surface area contributed by atoms with Gasteiger partial charge >= 0.3 is 35.7 Å². The number of hydrogen-bond acceptors (Lipinski definition) is 28. The molecule has 2 aromatic heterocycles. The summed E-state index contributed by atoms with van der Waals surface area (Å²) in [6.07, 6.45) is 13.0. The average Bonchev–Trinajstić information content (AvgIpc) is 1.54. The number of amides is 3. The number of allylic oxidation sites excluding steroid dienone is 6. The molecule has 8 rings (SSSR count). The van der Waals surface area contributed by atoms with Crippen molar-refractivity contribution in [3.63, 3.8) is 0 Å². The zero-order valence-corrected chi connectivity index (χ0v) is 70.2. The van der Waals surface area contributed by atoms with Crippen LogP contribution in [0.5, 0.6) is 0 Å². The van der Waals surface area contributed by atoms with Crippen molar-refractivity contribution >= 4 is 139 Å². The van der Waals surface area contributed by atoms with Gasteiger partial charge in [-0.05, 0) is 121 Å². The topological polar surface area (TPSA) is 503 Å². The van der Waals surface area contributed by atoms with Crippen LogP contribution in [-0.4, -0.2) is 209 Å². The Bertz CT molecular complexity index is 4680. The van der Waals surface area contributed by atoms with Crippen molar-refractivity contribution in [2.45, 2.75) is 143 Å². The van der Waals surface area contributed by atoms with Crippen molar-refractivity contribution in [1.29, 1.82) is 0 Å². The fourth-order valence-corrected chi connectivity index (χ4v) is 19.9. The predicted molar refractivity (Wildman–Crippen MR) is 422 cm³/mol. The van der Waals surface area contributed by atoms with Crippen LogP contribution in [0.2, 0.25) is 0 Å². The van der Waals surface area contributed by atoms with Crippen LogP contribution in [0.15, 0.2) is 93.3 Å². The first-order valence-corrected chi connectivity index (χ1v) is 47.6. The van der Waals surface area contributed by atoms with Crippen LogP contribution < -0.4 is 32.1 Å². The number of fused-ring (bicyclic) bond motifs is 4. The molecule has 2 aromatic carbocycles. The van der Waals surface area contributed by atoms with Gasteiger partial charge in [0.1, 0.15) is 24.5 Å². The maximum Gasteiger partial charge on any atom is 0.490 e. The molecule has 4 aliphatic rings. The number of aromatic nitrogens is 3. The molecule has 5 unspecified atom stereocenters. The van der Waals surface area contributed by atoms with E-state index < -0.39 is 109 Å². The van der Waals surface area contributed by atoms with E-state index in [4.69, 9.17) is 53.2 Å². The Hall–Kier alpha value is -5.65. The summed E-state index contributed by atoms with van der Waals surface area (Å²) in [4.78, 5) is 96.6. The molecule has 2 fully saturated rings. The van der Waals surface area contributed by atoms with Crippen molar-refractivity contribution in [2.24, 2.45) is 5.92 Å². The summed E-state index contributed by atoms with van der Waals surface area (Å²) in [5.74, 6) is 2.43. The van der Waals surface area contributed by atoms with E-state index in [9.17, 15) is 68.6 Å². The summed E-state index contributed by atoms with van der Waals surface area (Å²) in [7, 11) is -19.9. The van der Waals surface area contributed by atoms with Crippen molar-refractivity contribution in [3.8, 4) is 12.0 Å². The zero-order chi connectivity index (χ0) is 82.0. The lowest BCUT2D eigenvalue weighted by Crippen LogP contribution is -2.34. The lowest BCUT2D eigenvalue weighted by atomic mass is 9.81. The number of ether oxygens (including phenoxy) is 7. The molecule has 4 aromatic rings. The first-order chi connectivity index (χ1) is 52.7. The number of nitrogens with zero attached hydrogens (tertiary/aromatic N) is 4. The first kappa shape index (κ1) is 91.9. The number of aromatic amines is 1. The number of nitrogen functional groups attached to an aromatic ring is 1. The van der Waals surface area contributed by atoms with E-state index in [-0.39, 0.29) is 95.1 Å². The Morgan fingerprint density at radius 2 is 1.48 bits per heavy atom. The molecule has 112 heavy (non-hydrogen) atoms. The lowest BCUT2D eigenvalue weighted by Gasteiger charge is -2.25. The molecule has 7 atom stereocenters. The Labute approximate surface area is 664 Å². The number of rotatable bonds is 45. The number of nitrogens with one attached hydrogen (secondary N) is 4. The van der Waals surface area contributed by atoms with Gasteiger partial charge in [0.2, 0.25) is 17.5 Å². The Morgan fingerprint density at radius 1 is 0.804 bits per heavy atom. The molecule has 1 aliphatic carbocycles. The fraction of sp³-hybridized carbons (Fsp3) is 0.552. The van der Waals surface area contributed by atoms with Crippen LogP contribution in [0.25, 0.3) is 11.0 Å². The van der Waals surface area contributed by atoms with Gasteiger partial charge in [0, 0.05) is 96.5 Å². The number of nitrogens with two attached hydrogens (primary N) is 1. The quantitative estimate of drug-likeness (QED) is 0.00226. The second-order valence-electron chi connectivity index (χ2n) is 27.3. The Morgan fingerprint density at radius 3 is 2.17 bits per heavy atom. The molecular weight excluding hydrogens is 1650 g/mol. The normalized spacial score (nSPS) is 20.0. The summed E-state index contributed by atoms with van der Waals surface area (Å²) < 4.78 is 159. The van der Waals surface area contributed by atoms with Crippen LogP contribution in [0.4, 0.5) is 26.9 Å². The number of carbonyl (C=O) groups excluding carboxylic acids is 3. The SMILES string of the molecule is CCN1\C(=C/C=C/C=C/C2=[N+](CCCCCC(=O)NCCOCCOCCNC(=O)OCCC(C)(C)SSCOCCCCOC(=O)NC#Cc3cn(C4C5C(OCSSC)[C@@H](COP(=O)(O)OP(=O)(O)OP(=O)(O)O)O[C@H]54)c4nc(N)[nH]c(=O)c34)c3ccc(S(=O)(=O)O)cc3C2(C)C)C(C)(C)c2cc(S(=O)(=O)O)ccc21. The fourth-order valence-electron chi connectivity index (χ4n) is 12.8. The van der Waals surface area contributed by atoms with E-state index in [1.54, 1.807) is 33.7 Å². The third-order valence-electron chi connectivity index (χ3n) is 18.1. The number of alkyl carbamates (subject to hydrolysis) is 2. The van der Waals surface area contributed by atoms with Crippen LogP contribution in [-0.2, 0) is 95.9 Å². The number of phosphoric acid groups is 3. The lowest BCUT2D eigenvalue weighted by molar-refractivity contribution is -0.438. The summed E-state index contributed by atoms with van der Waals surface area (Å²) in [6.45, 7) is 16.7. The standard InChI is InChI=1S/C67H94N9O27P3S6/c1-9-74-49-23-21-45(111(88,89)90)38-47(49)66(4,5)52(74)18-12-10-13-19-53-67(6,7)48-39-46(112(91,92)93)22-24-50(48)75(53)30-15-11-14-20-54(77)69-28-34-94-36-37-95-35-29-71-64(80)98-33-26-65(2,3)110-109-42-96-31-16-17-32-97-63(79)70-27-25-44-40-76(60-55(44)61(78)73-62(68)72-60)57-56-58(99-43-108-107-8)51(101-59(56)57)41-100-105(84,85)103-106(86,87)102-104(81,82)83/h10,12-13,18-19,21-24,38-40,51,56-59H,9,11,14-17,20,26,28-37,41-43H2,1-8H3,(H11-,68,69,70,71,72,73,77,78,79,80,81,82,83,84,85,86,87,88,89,90,91,92,93)/p+1/t51-,56?,57?,58?,59-/m1/s1. The first-order valence-electron chi connectivity index (χ1n) is 35.2. The van der Waals surface area contributed by atoms with E-state index in [2.05, 4.69) is 56.0 Å². The number of anilines is 2. The maximum absolute atomic E-state index is 13.2. The van der Waals surface area contributed by atoms with Gasteiger partial charge in [0.25, 0.3) is 25.8 Å². The number of H-pyrrole nitrogens is 1. The number of unbranched alkanes of at least 4 members (excludes halogenated alkanes) is 3. The maximum atomic E-state index is 13.2. The summed E-state index contributed by atoms with van der Waals surface area (Å²) in [5.41, 5.74) is 9.36. The molecule has 12 N–H and O–H groups in total. The molecule has 1 saturated carbocycles. The molecule has 45 heteroatoms. The number of phosphoric ester groups is 1. The van der Waals surface area contributed by atoms with Gasteiger partial charge in [0.05, 0.1) is 90.7 Å². The van der Waals surface area contributed by atoms with Crippen molar-refractivity contribution in [1.82, 2.24) is 30.5 Å². The van der Waals surface area contributed by atoms with Gasteiger partial charge in [-0.2, -0.15) is 35.0 Å². The number of carbonyl (C=O) groups is 3. The highest BCUT2D eigenvalue weighted by Crippen LogP contribution is 2.67. The molecule has 1 saturated heterocycles. The molecule has 0 bridgehead atoms. The Kier molecular flexibility index (Phi) is 33.2. The van der Waals surface area contributed by atoms with Crippen LogP contribution in [0, 0.1) is 17.9 Å². The molecule has 5 heterocycles. The van der Waals surface area contributed by atoms with Crippen LogP contribution in [0.1, 0.15) is 116 Å². The van der Waals surface area contributed by atoms with Gasteiger partial charge in [-0.1, -0.05) is 75.3 Å². The smallest absolute Gasteiger partial charge is 0.450 e. The summed E-state index contributed by atoms with van der Waals surface area (Å²) in [6, 6.07) is 11.2. The Balaban J connectivity index is 0.638. The van der Waals surface area contributed by atoms with E-state index in [0.717, 1.165) is 46.8 Å². The van der Waals surface area contributed by atoms with E-state index in [1.807, 2.05) is 78.8 Å². The van der Waals surface area contributed by atoms with Gasteiger partial charge in [-0.3, -0.25) is 28.2 Å². The van der Waals surface area contributed by atoms with Gasteiger partial charge in [-0.15, -0.1) is 0 Å². The summed E-state index contributed by atoms with van der Waals surface area (Å²) >= 11 is 0. The highest BCUT2D eigenvalue weighted by Gasteiger charge is 2.66. The molecule has 3 amide bonds. The molecule has 3 aliphatic heterocycles. The minimum absolute atomic E-state index is 0.0367. The van der Waals surface area contributed by atoms with E-state index in [0.29, 0.717) is 64.3 Å². The summed E-state index contributed by atoms with van der Waals surface area (Å²) in [5, 5.41) is 7.90. The van der Waals surface area contributed by atoms with Gasteiger partial charge in [-0.25, -0.2) is 28.6 Å². The van der Waals surface area contributed by atoms with E-state index >= 15 is 0 Å². The van der Waals surface area contributed by atoms with Crippen molar-refractivity contribution in [3.05, 3.63) is 106 Å². The third-order valence-corrected chi connectivity index (χ3v) is 28.1. The van der Waals surface area contributed by atoms with Gasteiger partial charge in [0.15, 0.2) is 11.4 Å². The molecule has 36 nitrogen and oxygen atoms in total. The van der Waals surface area contributed by atoms with Crippen LogP contribution in [0.3, 0.4) is 0 Å². The molecular formula is C67H95N9O27P3S6+. The van der Waals surface area contributed by atoms with Crippen molar-refractivity contribution < 1.29 is 124 Å². The third kappa shape index (κ3) is 26.2. The average molecular weight is 1740 g/mol. The van der Waals surface area contributed by atoms with Crippen molar-refractivity contribution in [2.75, 3.05) is 108 Å². The minimum Gasteiger partial charge on any atom is -0.450 e. The molecule has 620 valence electrons.